The van der Waals surface area contributed by atoms with Crippen molar-refractivity contribution < 1.29 is 14.3 Å². The van der Waals surface area contributed by atoms with Crippen LogP contribution in [0.5, 0.6) is 0 Å². The van der Waals surface area contributed by atoms with Crippen LogP contribution in [0, 0.1) is 6.92 Å². The van der Waals surface area contributed by atoms with Crippen molar-refractivity contribution in [3.8, 4) is 0 Å². The van der Waals surface area contributed by atoms with E-state index >= 15 is 0 Å². The van der Waals surface area contributed by atoms with Crippen LogP contribution in [0.25, 0.3) is 0 Å². The Morgan fingerprint density at radius 2 is 1.91 bits per heavy atom. The summed E-state index contributed by atoms with van der Waals surface area (Å²) < 4.78 is 12.4. The Morgan fingerprint density at radius 3 is 2.43 bits per heavy atom. The zero-order valence-electron chi connectivity index (χ0n) is 14.4. The molecule has 1 rings (SSSR count). The quantitative estimate of drug-likeness (QED) is 0.463. The number of carbonyl (C=O) groups is 1. The Hall–Kier alpha value is -1.92. The number of hydrogen-bond donors (Lipinski definition) is 0. The number of aromatic nitrogens is 2. The van der Waals surface area contributed by atoms with E-state index < -0.39 is 0 Å². The van der Waals surface area contributed by atoms with E-state index in [9.17, 15) is 4.79 Å². The number of aryl methyl sites for hydroxylation is 1. The van der Waals surface area contributed by atoms with E-state index in [4.69, 9.17) is 9.47 Å². The molecule has 0 aliphatic heterocycles. The second-order valence-corrected chi connectivity index (χ2v) is 5.00. The average Bonchev–Trinajstić information content (AvgIpc) is 2.81. The molecule has 0 bridgehead atoms. The van der Waals surface area contributed by atoms with E-state index in [0.29, 0.717) is 44.2 Å². The molecule has 0 saturated carbocycles. The van der Waals surface area contributed by atoms with Gasteiger partial charge in [0.2, 0.25) is 0 Å². The topological polar surface area (TPSA) is 56.6 Å². The minimum absolute atomic E-state index is 0.284. The second kappa shape index (κ2) is 9.97. The van der Waals surface area contributed by atoms with Gasteiger partial charge in [0, 0.05) is 26.2 Å². The van der Waals surface area contributed by atoms with E-state index in [0.717, 1.165) is 5.82 Å². The second-order valence-electron chi connectivity index (χ2n) is 5.00. The van der Waals surface area contributed by atoms with E-state index in [1.807, 2.05) is 26.0 Å². The van der Waals surface area contributed by atoms with Gasteiger partial charge in [-0.15, -0.1) is 13.2 Å². The molecule has 0 unspecified atom stereocenters. The van der Waals surface area contributed by atoms with Gasteiger partial charge in [0.15, 0.2) is 5.69 Å². The molecule has 0 fully saturated rings. The van der Waals surface area contributed by atoms with Crippen LogP contribution in [0.15, 0.2) is 25.3 Å². The number of nitrogens with zero attached hydrogens (tertiary/aromatic N) is 3. The van der Waals surface area contributed by atoms with E-state index in [2.05, 4.69) is 23.0 Å². The predicted octanol–water partition coefficient (Wildman–Crippen LogP) is 2.54. The lowest BCUT2D eigenvalue weighted by molar-refractivity contribution is 0.0468. The summed E-state index contributed by atoms with van der Waals surface area (Å²) in [5.41, 5.74) is 1.14. The van der Waals surface area contributed by atoms with E-state index in [-0.39, 0.29) is 12.7 Å². The van der Waals surface area contributed by atoms with Crippen molar-refractivity contribution in [2.24, 2.45) is 0 Å². The van der Waals surface area contributed by atoms with Gasteiger partial charge >= 0.3 is 5.97 Å². The number of rotatable bonds is 11. The third-order valence-corrected chi connectivity index (χ3v) is 3.27. The Bertz CT molecular complexity index is 527. The Kier molecular flexibility index (Phi) is 8.29. The van der Waals surface area contributed by atoms with Crippen LogP contribution in [0.1, 0.15) is 35.9 Å². The van der Waals surface area contributed by atoms with Gasteiger partial charge in [-0.2, -0.15) is 0 Å². The lowest BCUT2D eigenvalue weighted by Crippen LogP contribution is -2.25. The van der Waals surface area contributed by atoms with Crippen LogP contribution in [0.3, 0.4) is 0 Å². The number of esters is 1. The van der Waals surface area contributed by atoms with Gasteiger partial charge in [-0.25, -0.2) is 9.78 Å². The first-order valence-corrected chi connectivity index (χ1v) is 7.83. The summed E-state index contributed by atoms with van der Waals surface area (Å²) in [5.74, 6) is 0.355. The van der Waals surface area contributed by atoms with Crippen LogP contribution < -0.4 is 0 Å². The molecule has 6 nitrogen and oxygen atoms in total. The molecule has 0 aliphatic rings. The highest BCUT2D eigenvalue weighted by atomic mass is 16.5. The molecule has 6 heteroatoms. The normalized spacial score (nSPS) is 10.8. The predicted molar refractivity (Wildman–Crippen MR) is 90.2 cm³/mol. The molecule has 23 heavy (non-hydrogen) atoms. The molecule has 0 aromatic carbocycles. The summed E-state index contributed by atoms with van der Waals surface area (Å²) in [6, 6.07) is 0. The highest BCUT2D eigenvalue weighted by Gasteiger charge is 2.23. The highest BCUT2D eigenvalue weighted by molar-refractivity contribution is 5.89. The molecule has 0 atom stereocenters. The monoisotopic (exact) mass is 321 g/mol. The van der Waals surface area contributed by atoms with Crippen molar-refractivity contribution in [3.63, 3.8) is 0 Å². The molecule has 1 aromatic heterocycles. The van der Waals surface area contributed by atoms with Gasteiger partial charge in [-0.3, -0.25) is 9.47 Å². The van der Waals surface area contributed by atoms with Gasteiger partial charge < -0.3 is 9.47 Å². The van der Waals surface area contributed by atoms with Crippen LogP contribution in [-0.2, 0) is 22.7 Å². The van der Waals surface area contributed by atoms with Crippen LogP contribution in [0.2, 0.25) is 0 Å². The fourth-order valence-corrected chi connectivity index (χ4v) is 2.29. The molecule has 128 valence electrons. The Labute approximate surface area is 138 Å². The molecule has 0 aliphatic carbocycles. The molecular weight excluding hydrogens is 294 g/mol. The molecule has 0 N–H and O–H groups in total. The summed E-state index contributed by atoms with van der Waals surface area (Å²) in [5, 5.41) is 0. The number of carbonyl (C=O) groups excluding carboxylic acids is 1. The minimum atomic E-state index is -0.375. The lowest BCUT2D eigenvalue weighted by Gasteiger charge is -2.18. The number of imidazole rings is 1. The van der Waals surface area contributed by atoms with Gasteiger partial charge in [-0.05, 0) is 20.8 Å². The smallest absolute Gasteiger partial charge is 0.357 e. The van der Waals surface area contributed by atoms with E-state index in [1.165, 1.54) is 0 Å². The molecule has 1 heterocycles. The standard InChI is InChI=1S/C17H27N3O3/c1-6-10-19(11-7-2)12-15-16(17(21)23-9-4)20(13-22-8-3)14(5)18-15/h6-7H,1-2,8-13H2,3-5H3. The maximum absolute atomic E-state index is 12.4. The van der Waals surface area contributed by atoms with Crippen LogP contribution >= 0.6 is 0 Å². The summed E-state index contributed by atoms with van der Waals surface area (Å²) >= 11 is 0. The molecule has 1 aromatic rings. The fourth-order valence-electron chi connectivity index (χ4n) is 2.29. The molecular formula is C17H27N3O3. The molecule has 0 saturated heterocycles. The highest BCUT2D eigenvalue weighted by Crippen LogP contribution is 2.16. The summed E-state index contributed by atoms with van der Waals surface area (Å²) in [7, 11) is 0. The maximum Gasteiger partial charge on any atom is 0.357 e. The zero-order chi connectivity index (χ0) is 17.2. The van der Waals surface area contributed by atoms with Crippen molar-refractivity contribution in [2.45, 2.75) is 34.0 Å². The largest absolute Gasteiger partial charge is 0.461 e. The van der Waals surface area contributed by atoms with Gasteiger partial charge in [0.1, 0.15) is 12.6 Å². The van der Waals surface area contributed by atoms with Crippen molar-refractivity contribution in [2.75, 3.05) is 26.3 Å². The summed E-state index contributed by atoms with van der Waals surface area (Å²) in [6.07, 6.45) is 3.63. The molecule has 0 spiro atoms. The lowest BCUT2D eigenvalue weighted by atomic mass is 10.3. The first-order chi connectivity index (χ1) is 11.1. The van der Waals surface area contributed by atoms with Gasteiger partial charge in [-0.1, -0.05) is 12.2 Å². The zero-order valence-corrected chi connectivity index (χ0v) is 14.4. The SMILES string of the molecule is C=CCN(CC=C)Cc1nc(C)n(COCC)c1C(=O)OCC. The Morgan fingerprint density at radius 1 is 1.26 bits per heavy atom. The molecule has 0 amide bonds. The third kappa shape index (κ3) is 5.33. The van der Waals surface area contributed by atoms with Crippen molar-refractivity contribution in [1.29, 1.82) is 0 Å². The van der Waals surface area contributed by atoms with Crippen LogP contribution in [0.4, 0.5) is 0 Å². The first kappa shape index (κ1) is 19.1. The van der Waals surface area contributed by atoms with Crippen molar-refractivity contribution >= 4 is 5.97 Å². The minimum Gasteiger partial charge on any atom is -0.461 e. The van der Waals surface area contributed by atoms with Crippen molar-refractivity contribution in [3.05, 3.63) is 42.5 Å². The van der Waals surface area contributed by atoms with E-state index in [1.54, 1.807) is 11.5 Å². The Balaban J connectivity index is 3.15. The first-order valence-electron chi connectivity index (χ1n) is 7.83. The summed E-state index contributed by atoms with van der Waals surface area (Å²) in [6.45, 7) is 16.1. The van der Waals surface area contributed by atoms with Gasteiger partial charge in [0.25, 0.3) is 0 Å². The van der Waals surface area contributed by atoms with Crippen molar-refractivity contribution in [1.82, 2.24) is 14.5 Å². The van der Waals surface area contributed by atoms with Crippen LogP contribution in [-0.4, -0.2) is 46.7 Å². The fraction of sp³-hybridized carbons (Fsp3) is 0.529. The molecule has 0 radical (unpaired) electrons. The third-order valence-electron chi connectivity index (χ3n) is 3.27. The average molecular weight is 321 g/mol. The maximum atomic E-state index is 12.4. The number of hydrogen-bond acceptors (Lipinski definition) is 5. The number of ether oxygens (including phenoxy) is 2. The van der Waals surface area contributed by atoms with Gasteiger partial charge in [0.05, 0.1) is 12.3 Å². The summed E-state index contributed by atoms with van der Waals surface area (Å²) in [4.78, 5) is 19.0.